The van der Waals surface area contributed by atoms with Crippen LogP contribution in [0.25, 0.3) is 0 Å². The minimum atomic E-state index is -0.260. The Morgan fingerprint density at radius 3 is 2.87 bits per heavy atom. The summed E-state index contributed by atoms with van der Waals surface area (Å²) in [6, 6.07) is 0.149. The summed E-state index contributed by atoms with van der Waals surface area (Å²) in [4.78, 5) is 29.4. The molecule has 2 bridgehead atoms. The zero-order valence-corrected chi connectivity index (χ0v) is 14.7. The average molecular weight is 333 g/mol. The Kier molecular flexibility index (Phi) is 3.21. The van der Waals surface area contributed by atoms with Gasteiger partial charge in [0.1, 0.15) is 5.56 Å². The normalized spacial score (nSPS) is 33.7. The predicted octanol–water partition coefficient (Wildman–Crippen LogP) is 2.29. The van der Waals surface area contributed by atoms with E-state index in [9.17, 15) is 9.59 Å². The van der Waals surface area contributed by atoms with Gasteiger partial charge in [0.05, 0.1) is 0 Å². The van der Waals surface area contributed by atoms with Crippen LogP contribution >= 0.6 is 11.8 Å². The van der Waals surface area contributed by atoms with Crippen LogP contribution in [0.1, 0.15) is 50.4 Å². The topological polar surface area (TPSA) is 64.0 Å². The first kappa shape index (κ1) is 15.2. The fraction of sp³-hybridized carbons (Fsp3) is 0.706. The number of thioether (sulfide) groups is 1. The van der Waals surface area contributed by atoms with Crippen molar-refractivity contribution in [2.45, 2.75) is 57.8 Å². The smallest absolute Gasteiger partial charge is 0.267 e. The van der Waals surface area contributed by atoms with Crippen LogP contribution in [0.4, 0.5) is 0 Å². The van der Waals surface area contributed by atoms with Gasteiger partial charge in [-0.2, -0.15) is 0 Å². The maximum absolute atomic E-state index is 12.7. The molecule has 2 aliphatic carbocycles. The molecule has 1 aromatic rings. The Hall–Kier alpha value is -1.30. The van der Waals surface area contributed by atoms with Crippen LogP contribution < -0.4 is 10.9 Å². The van der Waals surface area contributed by atoms with E-state index < -0.39 is 0 Å². The maximum Gasteiger partial charge on any atom is 0.267 e. The molecule has 3 atom stereocenters. The molecule has 4 rings (SSSR count). The van der Waals surface area contributed by atoms with Crippen molar-refractivity contribution >= 4 is 17.7 Å². The molecule has 1 amide bonds. The van der Waals surface area contributed by atoms with E-state index in [1.54, 1.807) is 16.3 Å². The van der Waals surface area contributed by atoms with Crippen LogP contribution in [0, 0.1) is 16.7 Å². The first-order chi connectivity index (χ1) is 10.8. The van der Waals surface area contributed by atoms with Gasteiger partial charge in [-0.1, -0.05) is 32.5 Å². The van der Waals surface area contributed by atoms with Crippen molar-refractivity contribution in [3.63, 3.8) is 0 Å². The molecule has 0 spiro atoms. The lowest BCUT2D eigenvalue weighted by molar-refractivity contribution is 0.0823. The third-order valence-electron chi connectivity index (χ3n) is 6.90. The molecule has 0 aromatic carbocycles. The second-order valence-electron chi connectivity index (χ2n) is 7.90. The lowest BCUT2D eigenvalue weighted by atomic mass is 9.69. The first-order valence-corrected chi connectivity index (χ1v) is 9.36. The minimum Gasteiger partial charge on any atom is -0.349 e. The average Bonchev–Trinajstić information content (AvgIpc) is 3.11. The summed E-state index contributed by atoms with van der Waals surface area (Å²) in [7, 11) is 0. The molecule has 124 valence electrons. The Labute approximate surface area is 140 Å². The fourth-order valence-electron chi connectivity index (χ4n) is 4.83. The van der Waals surface area contributed by atoms with Gasteiger partial charge in [0, 0.05) is 24.5 Å². The number of carbonyl (C=O) groups excluding carboxylic acids is 1. The Balaban J connectivity index is 1.60. The van der Waals surface area contributed by atoms with E-state index in [1.165, 1.54) is 12.6 Å². The maximum atomic E-state index is 12.7. The number of nitrogens with one attached hydrogen (secondary N) is 1. The van der Waals surface area contributed by atoms with E-state index >= 15 is 0 Å². The van der Waals surface area contributed by atoms with E-state index in [1.807, 2.05) is 0 Å². The van der Waals surface area contributed by atoms with Crippen molar-refractivity contribution in [1.82, 2.24) is 14.9 Å². The van der Waals surface area contributed by atoms with E-state index in [4.69, 9.17) is 0 Å². The van der Waals surface area contributed by atoms with Crippen LogP contribution in [0.15, 0.2) is 16.1 Å². The van der Waals surface area contributed by atoms with E-state index in [0.29, 0.717) is 12.5 Å². The highest BCUT2D eigenvalue weighted by Crippen LogP contribution is 2.65. The lowest BCUT2D eigenvalue weighted by Gasteiger charge is -2.39. The molecule has 3 aliphatic rings. The largest absolute Gasteiger partial charge is 0.349 e. The zero-order chi connectivity index (χ0) is 16.4. The molecule has 0 radical (unpaired) electrons. The van der Waals surface area contributed by atoms with Gasteiger partial charge in [0.15, 0.2) is 5.16 Å². The highest BCUT2D eigenvalue weighted by atomic mass is 32.2. The third-order valence-corrected chi connectivity index (χ3v) is 7.87. The number of amides is 1. The number of aromatic nitrogens is 2. The van der Waals surface area contributed by atoms with Crippen molar-refractivity contribution in [1.29, 1.82) is 0 Å². The molecule has 2 fully saturated rings. The summed E-state index contributed by atoms with van der Waals surface area (Å²) in [6.45, 7) is 7.57. The second-order valence-corrected chi connectivity index (χ2v) is 8.96. The van der Waals surface area contributed by atoms with Crippen LogP contribution in [0.5, 0.6) is 0 Å². The molecule has 6 heteroatoms. The molecule has 5 nitrogen and oxygen atoms in total. The summed E-state index contributed by atoms with van der Waals surface area (Å²) < 4.78 is 1.62. The van der Waals surface area contributed by atoms with Crippen molar-refractivity contribution in [2.75, 3.05) is 5.75 Å². The quantitative estimate of drug-likeness (QED) is 0.844. The van der Waals surface area contributed by atoms with Gasteiger partial charge >= 0.3 is 0 Å². The summed E-state index contributed by atoms with van der Waals surface area (Å²) >= 11 is 1.56. The van der Waals surface area contributed by atoms with Crippen LogP contribution in [0.3, 0.4) is 0 Å². The molecule has 23 heavy (non-hydrogen) atoms. The first-order valence-electron chi connectivity index (χ1n) is 8.38. The van der Waals surface area contributed by atoms with Gasteiger partial charge in [0.2, 0.25) is 0 Å². The molecule has 2 heterocycles. The number of nitrogens with zero attached hydrogens (tertiary/aromatic N) is 2. The van der Waals surface area contributed by atoms with Crippen molar-refractivity contribution in [2.24, 2.45) is 16.7 Å². The highest BCUT2D eigenvalue weighted by Gasteiger charge is 2.61. The monoisotopic (exact) mass is 333 g/mol. The van der Waals surface area contributed by atoms with Crippen molar-refractivity contribution < 1.29 is 4.79 Å². The Morgan fingerprint density at radius 2 is 2.22 bits per heavy atom. The summed E-state index contributed by atoms with van der Waals surface area (Å²) in [5.41, 5.74) is 0.335. The molecule has 0 unspecified atom stereocenters. The number of carbonyl (C=O) groups is 1. The second kappa shape index (κ2) is 4.85. The van der Waals surface area contributed by atoms with Gasteiger partial charge in [-0.25, -0.2) is 4.98 Å². The number of fused-ring (bicyclic) bond motifs is 3. The number of hydrogen-bond acceptors (Lipinski definition) is 4. The Bertz CT molecular complexity index is 742. The van der Waals surface area contributed by atoms with Crippen LogP contribution in [-0.4, -0.2) is 27.3 Å². The molecule has 1 aromatic heterocycles. The number of hydrogen-bond donors (Lipinski definition) is 1. The molecule has 0 saturated heterocycles. The van der Waals surface area contributed by atoms with Crippen molar-refractivity contribution in [3.05, 3.63) is 22.1 Å². The van der Waals surface area contributed by atoms with E-state index in [-0.39, 0.29) is 33.9 Å². The third kappa shape index (κ3) is 1.96. The molecule has 2 saturated carbocycles. The van der Waals surface area contributed by atoms with Gasteiger partial charge < -0.3 is 5.32 Å². The predicted molar refractivity (Wildman–Crippen MR) is 89.7 cm³/mol. The van der Waals surface area contributed by atoms with Gasteiger partial charge in [-0.3, -0.25) is 14.2 Å². The summed E-state index contributed by atoms with van der Waals surface area (Å²) in [6.07, 6.45) is 4.86. The zero-order valence-electron chi connectivity index (χ0n) is 13.9. The molecule has 1 aliphatic heterocycles. The summed E-state index contributed by atoms with van der Waals surface area (Å²) in [5, 5.41) is 3.88. The molecule has 1 N–H and O–H groups in total. The fourth-order valence-corrected chi connectivity index (χ4v) is 5.74. The molecular formula is C17H23N3O2S. The van der Waals surface area contributed by atoms with Gasteiger partial charge in [0.25, 0.3) is 11.5 Å². The summed E-state index contributed by atoms with van der Waals surface area (Å²) in [5.74, 6) is 1.25. The molecular weight excluding hydrogens is 310 g/mol. The standard InChI is InChI=1S/C17H23N3O2S/c1-16(2)10-4-5-17(16,3)12(8-10)19-13(21)11-9-18-15-20(14(11)22)6-7-23-15/h9-10,12H,4-8H2,1-3H3,(H,19,21)/t10-,12+,17-/m0/s1. The van der Waals surface area contributed by atoms with E-state index in [2.05, 4.69) is 31.1 Å². The SMILES string of the molecule is CC1(C)[C@H]2CC[C@@]1(C)[C@H](NC(=O)c1cnc3n(c1=O)CCS3)C2. The van der Waals surface area contributed by atoms with Gasteiger partial charge in [-0.15, -0.1) is 0 Å². The van der Waals surface area contributed by atoms with Crippen molar-refractivity contribution in [3.8, 4) is 0 Å². The number of rotatable bonds is 2. The van der Waals surface area contributed by atoms with Crippen LogP contribution in [0.2, 0.25) is 0 Å². The van der Waals surface area contributed by atoms with E-state index in [0.717, 1.165) is 23.8 Å². The van der Waals surface area contributed by atoms with Crippen LogP contribution in [-0.2, 0) is 6.54 Å². The highest BCUT2D eigenvalue weighted by molar-refractivity contribution is 7.99. The lowest BCUT2D eigenvalue weighted by Crippen LogP contribution is -2.48. The minimum absolute atomic E-state index is 0.115. The Morgan fingerprint density at radius 1 is 1.43 bits per heavy atom. The van der Waals surface area contributed by atoms with Gasteiger partial charge in [-0.05, 0) is 36.0 Å².